The maximum Gasteiger partial charge on any atom is 0.119 e. The molecular formula is C12H19NO3. The first-order valence-electron chi connectivity index (χ1n) is 5.29. The van der Waals surface area contributed by atoms with E-state index in [1.54, 1.807) is 7.11 Å². The molecule has 3 N–H and O–H groups in total. The highest BCUT2D eigenvalue weighted by Crippen LogP contribution is 2.17. The Bertz CT molecular complexity index is 315. The Morgan fingerprint density at radius 2 is 2.12 bits per heavy atom. The van der Waals surface area contributed by atoms with Crippen molar-refractivity contribution >= 4 is 0 Å². The van der Waals surface area contributed by atoms with E-state index in [-0.39, 0.29) is 19.3 Å². The molecule has 0 radical (unpaired) electrons. The lowest BCUT2D eigenvalue weighted by atomic mass is 10.1. The van der Waals surface area contributed by atoms with Crippen LogP contribution in [0.5, 0.6) is 5.75 Å². The number of hydrogen-bond donors (Lipinski definition) is 2. The van der Waals surface area contributed by atoms with Gasteiger partial charge in [0.15, 0.2) is 0 Å². The van der Waals surface area contributed by atoms with Gasteiger partial charge in [0.05, 0.1) is 6.61 Å². The Labute approximate surface area is 96.0 Å². The zero-order valence-electron chi connectivity index (χ0n) is 9.72. The highest BCUT2D eigenvalue weighted by Gasteiger charge is 2.05. The number of ether oxygens (including phenoxy) is 2. The van der Waals surface area contributed by atoms with Crippen molar-refractivity contribution in [3.63, 3.8) is 0 Å². The van der Waals surface area contributed by atoms with E-state index in [1.807, 2.05) is 31.2 Å². The molecule has 0 aliphatic heterocycles. The van der Waals surface area contributed by atoms with Gasteiger partial charge in [-0.2, -0.15) is 0 Å². The minimum absolute atomic E-state index is 0.0209. The average Bonchev–Trinajstić information content (AvgIpc) is 2.27. The highest BCUT2D eigenvalue weighted by molar-refractivity contribution is 5.30. The summed E-state index contributed by atoms with van der Waals surface area (Å²) in [5.41, 5.74) is 6.77. The lowest BCUT2D eigenvalue weighted by Crippen LogP contribution is -2.22. The predicted octanol–water partition coefficient (Wildman–Crippen LogP) is 1.09. The molecule has 4 nitrogen and oxygen atoms in total. The van der Waals surface area contributed by atoms with Gasteiger partial charge in [-0.25, -0.2) is 0 Å². The standard InChI is InChI=1S/C12H19NO3/c1-9(13)10-4-3-5-12(6-10)16-8-11(14)7-15-2/h3-6,9,11,14H,7-8,13H2,1-2H3/t9-,11?/m0/s1. The second-order valence-electron chi connectivity index (χ2n) is 3.78. The molecule has 16 heavy (non-hydrogen) atoms. The van der Waals surface area contributed by atoms with Crippen LogP contribution >= 0.6 is 0 Å². The second kappa shape index (κ2) is 6.48. The van der Waals surface area contributed by atoms with Gasteiger partial charge in [-0.1, -0.05) is 12.1 Å². The summed E-state index contributed by atoms with van der Waals surface area (Å²) in [5.74, 6) is 0.713. The molecule has 0 fully saturated rings. The molecule has 1 aromatic carbocycles. The summed E-state index contributed by atoms with van der Waals surface area (Å²) in [4.78, 5) is 0. The lowest BCUT2D eigenvalue weighted by molar-refractivity contribution is 0.0325. The smallest absolute Gasteiger partial charge is 0.119 e. The number of aliphatic hydroxyl groups is 1. The van der Waals surface area contributed by atoms with E-state index in [0.717, 1.165) is 5.56 Å². The molecule has 1 rings (SSSR count). The molecule has 2 atom stereocenters. The number of rotatable bonds is 6. The van der Waals surface area contributed by atoms with Crippen molar-refractivity contribution in [3.8, 4) is 5.75 Å². The largest absolute Gasteiger partial charge is 0.491 e. The van der Waals surface area contributed by atoms with Gasteiger partial charge in [0.1, 0.15) is 18.5 Å². The van der Waals surface area contributed by atoms with Crippen LogP contribution < -0.4 is 10.5 Å². The molecule has 1 aromatic rings. The molecule has 0 amide bonds. The fourth-order valence-electron chi connectivity index (χ4n) is 1.32. The molecule has 1 unspecified atom stereocenters. The molecule has 0 heterocycles. The van der Waals surface area contributed by atoms with Crippen LogP contribution in [0.1, 0.15) is 18.5 Å². The SMILES string of the molecule is COCC(O)COc1cccc([C@H](C)N)c1. The molecule has 0 saturated heterocycles. The topological polar surface area (TPSA) is 64.7 Å². The second-order valence-corrected chi connectivity index (χ2v) is 3.78. The van der Waals surface area contributed by atoms with Crippen molar-refractivity contribution in [3.05, 3.63) is 29.8 Å². The number of hydrogen-bond acceptors (Lipinski definition) is 4. The Kier molecular flexibility index (Phi) is 5.25. The molecule has 4 heteroatoms. The summed E-state index contributed by atoms with van der Waals surface area (Å²) in [6.45, 7) is 2.40. The normalized spacial score (nSPS) is 14.5. The van der Waals surface area contributed by atoms with Crippen LogP contribution in [0, 0.1) is 0 Å². The summed E-state index contributed by atoms with van der Waals surface area (Å²) in [5, 5.41) is 9.41. The van der Waals surface area contributed by atoms with Gasteiger partial charge in [0.25, 0.3) is 0 Å². The van der Waals surface area contributed by atoms with Crippen LogP contribution in [0.4, 0.5) is 0 Å². The number of benzene rings is 1. The maximum atomic E-state index is 9.41. The summed E-state index contributed by atoms with van der Waals surface area (Å²) < 4.78 is 10.2. The van der Waals surface area contributed by atoms with Gasteiger partial charge < -0.3 is 20.3 Å². The minimum Gasteiger partial charge on any atom is -0.491 e. The Balaban J connectivity index is 2.50. The van der Waals surface area contributed by atoms with Gasteiger partial charge in [-0.15, -0.1) is 0 Å². The first kappa shape index (κ1) is 13.0. The average molecular weight is 225 g/mol. The number of aliphatic hydroxyl groups excluding tert-OH is 1. The van der Waals surface area contributed by atoms with Gasteiger partial charge >= 0.3 is 0 Å². The van der Waals surface area contributed by atoms with E-state index in [4.69, 9.17) is 15.2 Å². The molecule has 0 aliphatic carbocycles. The molecule has 0 saturated carbocycles. The zero-order chi connectivity index (χ0) is 12.0. The van der Waals surface area contributed by atoms with E-state index in [2.05, 4.69) is 0 Å². The molecule has 90 valence electrons. The Morgan fingerprint density at radius 3 is 2.75 bits per heavy atom. The van der Waals surface area contributed by atoms with Crippen molar-refractivity contribution in [2.45, 2.75) is 19.1 Å². The fourth-order valence-corrected chi connectivity index (χ4v) is 1.32. The third-order valence-corrected chi connectivity index (χ3v) is 2.19. The summed E-state index contributed by atoms with van der Waals surface area (Å²) in [7, 11) is 1.54. The summed E-state index contributed by atoms with van der Waals surface area (Å²) >= 11 is 0. The maximum absolute atomic E-state index is 9.41. The van der Waals surface area contributed by atoms with Crippen LogP contribution in [-0.4, -0.2) is 31.5 Å². The van der Waals surface area contributed by atoms with Crippen LogP contribution in [0.3, 0.4) is 0 Å². The van der Waals surface area contributed by atoms with E-state index in [0.29, 0.717) is 5.75 Å². The van der Waals surface area contributed by atoms with Crippen molar-refractivity contribution < 1.29 is 14.6 Å². The van der Waals surface area contributed by atoms with Crippen molar-refractivity contribution in [1.29, 1.82) is 0 Å². The molecular weight excluding hydrogens is 206 g/mol. The first-order chi connectivity index (χ1) is 7.63. The fraction of sp³-hybridized carbons (Fsp3) is 0.500. The van der Waals surface area contributed by atoms with Crippen molar-refractivity contribution in [1.82, 2.24) is 0 Å². The van der Waals surface area contributed by atoms with Crippen LogP contribution in [0.2, 0.25) is 0 Å². The van der Waals surface area contributed by atoms with E-state index >= 15 is 0 Å². The Hall–Kier alpha value is -1.10. The third kappa shape index (κ3) is 4.18. The molecule has 0 spiro atoms. The lowest BCUT2D eigenvalue weighted by Gasteiger charge is -2.13. The van der Waals surface area contributed by atoms with Gasteiger partial charge in [-0.3, -0.25) is 0 Å². The number of nitrogens with two attached hydrogens (primary N) is 1. The highest BCUT2D eigenvalue weighted by atomic mass is 16.5. The molecule has 0 bridgehead atoms. The third-order valence-electron chi connectivity index (χ3n) is 2.19. The van der Waals surface area contributed by atoms with Gasteiger partial charge in [0, 0.05) is 13.2 Å². The van der Waals surface area contributed by atoms with Crippen molar-refractivity contribution in [2.24, 2.45) is 5.73 Å². The zero-order valence-corrected chi connectivity index (χ0v) is 9.72. The quantitative estimate of drug-likeness (QED) is 0.760. The van der Waals surface area contributed by atoms with E-state index < -0.39 is 6.10 Å². The van der Waals surface area contributed by atoms with Gasteiger partial charge in [-0.05, 0) is 24.6 Å². The Morgan fingerprint density at radius 1 is 1.38 bits per heavy atom. The van der Waals surface area contributed by atoms with E-state index in [9.17, 15) is 5.11 Å². The number of methoxy groups -OCH3 is 1. The summed E-state index contributed by atoms with van der Waals surface area (Å²) in [6, 6.07) is 7.53. The van der Waals surface area contributed by atoms with Crippen molar-refractivity contribution in [2.75, 3.05) is 20.3 Å². The van der Waals surface area contributed by atoms with Crippen LogP contribution in [-0.2, 0) is 4.74 Å². The summed E-state index contributed by atoms with van der Waals surface area (Å²) in [6.07, 6.45) is -0.607. The van der Waals surface area contributed by atoms with E-state index in [1.165, 1.54) is 0 Å². The van der Waals surface area contributed by atoms with Gasteiger partial charge in [0.2, 0.25) is 0 Å². The molecule has 0 aliphatic rings. The monoisotopic (exact) mass is 225 g/mol. The van der Waals surface area contributed by atoms with Crippen LogP contribution in [0.25, 0.3) is 0 Å². The molecule has 0 aromatic heterocycles. The first-order valence-corrected chi connectivity index (χ1v) is 5.29. The minimum atomic E-state index is -0.607. The van der Waals surface area contributed by atoms with Crippen LogP contribution in [0.15, 0.2) is 24.3 Å². The predicted molar refractivity (Wildman–Crippen MR) is 62.4 cm³/mol.